The summed E-state index contributed by atoms with van der Waals surface area (Å²) in [5.41, 5.74) is 0.780. The number of halogens is 3. The number of anilines is 1. The third-order valence-electron chi connectivity index (χ3n) is 2.48. The molecule has 1 aromatic heterocycles. The first-order chi connectivity index (χ1) is 9.96. The van der Waals surface area contributed by atoms with Crippen molar-refractivity contribution in [1.29, 1.82) is 0 Å². The van der Waals surface area contributed by atoms with Gasteiger partial charge in [0.1, 0.15) is 17.9 Å². The number of nitrogens with one attached hydrogen (secondary N) is 1. The summed E-state index contributed by atoms with van der Waals surface area (Å²) in [5, 5.41) is 3.01. The number of hydrogen-bond acceptors (Lipinski definition) is 5. The van der Waals surface area contributed by atoms with E-state index >= 15 is 0 Å². The van der Waals surface area contributed by atoms with E-state index in [9.17, 15) is 13.2 Å². The summed E-state index contributed by atoms with van der Waals surface area (Å²) < 4.78 is 44.8. The van der Waals surface area contributed by atoms with Gasteiger partial charge in [-0.1, -0.05) is 12.1 Å². The van der Waals surface area contributed by atoms with Gasteiger partial charge >= 0.3 is 6.36 Å². The third-order valence-corrected chi connectivity index (χ3v) is 2.48. The van der Waals surface area contributed by atoms with Crippen LogP contribution in [0, 0.1) is 0 Å². The molecule has 0 amide bonds. The van der Waals surface area contributed by atoms with Crippen molar-refractivity contribution in [2.45, 2.75) is 12.9 Å². The van der Waals surface area contributed by atoms with Gasteiger partial charge in [-0.25, -0.2) is 9.97 Å². The highest BCUT2D eigenvalue weighted by Crippen LogP contribution is 2.23. The van der Waals surface area contributed by atoms with Crippen LogP contribution in [-0.4, -0.2) is 23.4 Å². The molecule has 0 aliphatic rings. The third kappa shape index (κ3) is 4.83. The van der Waals surface area contributed by atoms with Gasteiger partial charge in [-0.3, -0.25) is 0 Å². The lowest BCUT2D eigenvalue weighted by atomic mass is 10.2. The lowest BCUT2D eigenvalue weighted by Gasteiger charge is -2.10. The summed E-state index contributed by atoms with van der Waals surface area (Å²) in [6.45, 7) is 0.395. The first kappa shape index (κ1) is 14.9. The molecule has 0 atom stereocenters. The summed E-state index contributed by atoms with van der Waals surface area (Å²) in [4.78, 5) is 7.85. The number of nitrogens with zero attached hydrogens (tertiary/aromatic N) is 2. The molecule has 0 fully saturated rings. The van der Waals surface area contributed by atoms with Crippen molar-refractivity contribution in [3.63, 3.8) is 0 Å². The molecule has 1 N–H and O–H groups in total. The number of aromatic nitrogens is 2. The van der Waals surface area contributed by atoms with Crippen LogP contribution < -0.4 is 14.8 Å². The van der Waals surface area contributed by atoms with Gasteiger partial charge in [0.25, 0.3) is 0 Å². The smallest absolute Gasteiger partial charge is 0.481 e. The highest BCUT2D eigenvalue weighted by Gasteiger charge is 2.30. The molecule has 112 valence electrons. The number of ether oxygens (including phenoxy) is 2. The molecule has 1 heterocycles. The molecule has 21 heavy (non-hydrogen) atoms. The van der Waals surface area contributed by atoms with Crippen molar-refractivity contribution >= 4 is 5.82 Å². The summed E-state index contributed by atoms with van der Waals surface area (Å²) >= 11 is 0. The summed E-state index contributed by atoms with van der Waals surface area (Å²) in [6, 6.07) is 7.19. The van der Waals surface area contributed by atoms with Crippen molar-refractivity contribution < 1.29 is 22.6 Å². The lowest BCUT2D eigenvalue weighted by molar-refractivity contribution is -0.274. The number of hydrogen-bond donors (Lipinski definition) is 1. The molecule has 0 unspecified atom stereocenters. The normalized spacial score (nSPS) is 11.0. The lowest BCUT2D eigenvalue weighted by Crippen LogP contribution is -2.17. The first-order valence-electron chi connectivity index (χ1n) is 5.91. The molecule has 8 heteroatoms. The Morgan fingerprint density at radius 1 is 1.14 bits per heavy atom. The van der Waals surface area contributed by atoms with E-state index < -0.39 is 6.36 Å². The minimum atomic E-state index is -4.68. The summed E-state index contributed by atoms with van der Waals surface area (Å²) in [7, 11) is 1.49. The number of benzene rings is 1. The van der Waals surface area contributed by atoms with Gasteiger partial charge in [-0.05, 0) is 17.7 Å². The molecule has 2 aromatic rings. The molecule has 0 saturated heterocycles. The van der Waals surface area contributed by atoms with E-state index in [1.54, 1.807) is 6.07 Å². The Kier molecular flexibility index (Phi) is 4.46. The number of rotatable bonds is 5. The molecule has 5 nitrogen and oxygen atoms in total. The van der Waals surface area contributed by atoms with Gasteiger partial charge < -0.3 is 14.8 Å². The van der Waals surface area contributed by atoms with E-state index in [2.05, 4.69) is 20.0 Å². The van der Waals surface area contributed by atoms with Gasteiger partial charge in [-0.2, -0.15) is 0 Å². The zero-order valence-corrected chi connectivity index (χ0v) is 11.0. The van der Waals surface area contributed by atoms with Crippen LogP contribution in [0.15, 0.2) is 36.7 Å². The fourth-order valence-electron chi connectivity index (χ4n) is 1.55. The minimum Gasteiger partial charge on any atom is -0.481 e. The second-order valence-electron chi connectivity index (χ2n) is 3.99. The van der Waals surface area contributed by atoms with Crippen molar-refractivity contribution in [1.82, 2.24) is 9.97 Å². The molecule has 1 aromatic carbocycles. The van der Waals surface area contributed by atoms with Crippen molar-refractivity contribution in [3.05, 3.63) is 42.2 Å². The topological polar surface area (TPSA) is 56.3 Å². The van der Waals surface area contributed by atoms with Crippen LogP contribution in [0.5, 0.6) is 11.6 Å². The maximum absolute atomic E-state index is 12.0. The SMILES string of the molecule is COc1cc(NCc2ccc(OC(F)(F)F)cc2)ncn1. The predicted octanol–water partition coefficient (Wildman–Crippen LogP) is 3.00. The fourth-order valence-corrected chi connectivity index (χ4v) is 1.55. The Morgan fingerprint density at radius 3 is 2.48 bits per heavy atom. The standard InChI is InChI=1S/C13H12F3N3O2/c1-20-12-6-11(18-8-19-12)17-7-9-2-4-10(5-3-9)21-13(14,15)16/h2-6,8H,7H2,1H3,(H,17,18,19). The second kappa shape index (κ2) is 6.29. The van der Waals surface area contributed by atoms with Crippen molar-refractivity contribution in [3.8, 4) is 11.6 Å². The van der Waals surface area contributed by atoms with E-state index in [4.69, 9.17) is 4.74 Å². The predicted molar refractivity (Wildman–Crippen MR) is 69.0 cm³/mol. The molecule has 0 saturated carbocycles. The van der Waals surface area contributed by atoms with E-state index in [0.29, 0.717) is 18.2 Å². The largest absolute Gasteiger partial charge is 0.573 e. The van der Waals surface area contributed by atoms with Crippen molar-refractivity contribution in [2.24, 2.45) is 0 Å². The monoisotopic (exact) mass is 299 g/mol. The van der Waals surface area contributed by atoms with E-state index in [0.717, 1.165) is 5.56 Å². The van der Waals surface area contributed by atoms with Gasteiger partial charge in [0.15, 0.2) is 0 Å². The maximum Gasteiger partial charge on any atom is 0.573 e. The minimum absolute atomic E-state index is 0.255. The zero-order valence-electron chi connectivity index (χ0n) is 11.0. The maximum atomic E-state index is 12.0. The molecule has 0 spiro atoms. The van der Waals surface area contributed by atoms with Crippen LogP contribution in [0.2, 0.25) is 0 Å². The van der Waals surface area contributed by atoms with Gasteiger partial charge in [-0.15, -0.1) is 13.2 Å². The molecule has 0 radical (unpaired) electrons. The Morgan fingerprint density at radius 2 is 1.86 bits per heavy atom. The van der Waals surface area contributed by atoms with E-state index in [-0.39, 0.29) is 5.75 Å². The quantitative estimate of drug-likeness (QED) is 0.919. The Bertz CT molecular complexity index is 588. The summed E-state index contributed by atoms with van der Waals surface area (Å²) in [5.74, 6) is 0.717. The molecule has 0 bridgehead atoms. The van der Waals surface area contributed by atoms with E-state index in [1.807, 2.05) is 0 Å². The van der Waals surface area contributed by atoms with Gasteiger partial charge in [0.2, 0.25) is 5.88 Å². The van der Waals surface area contributed by atoms with Crippen LogP contribution in [0.1, 0.15) is 5.56 Å². The highest BCUT2D eigenvalue weighted by molar-refractivity contribution is 5.38. The fraction of sp³-hybridized carbons (Fsp3) is 0.231. The molecule has 0 aliphatic heterocycles. The van der Waals surface area contributed by atoms with Crippen LogP contribution in [-0.2, 0) is 6.54 Å². The Balaban J connectivity index is 1.94. The number of methoxy groups -OCH3 is 1. The highest BCUT2D eigenvalue weighted by atomic mass is 19.4. The van der Waals surface area contributed by atoms with Crippen molar-refractivity contribution in [2.75, 3.05) is 12.4 Å². The van der Waals surface area contributed by atoms with Crippen LogP contribution in [0.4, 0.5) is 19.0 Å². The molecule has 2 rings (SSSR count). The number of alkyl halides is 3. The van der Waals surface area contributed by atoms with Crippen LogP contribution >= 0.6 is 0 Å². The molecular weight excluding hydrogens is 287 g/mol. The molecule has 0 aliphatic carbocycles. The average molecular weight is 299 g/mol. The molecular formula is C13H12F3N3O2. The summed E-state index contributed by atoms with van der Waals surface area (Å²) in [6.07, 6.45) is -3.33. The Hall–Kier alpha value is -2.51. The average Bonchev–Trinajstić information content (AvgIpc) is 2.45. The van der Waals surface area contributed by atoms with Gasteiger partial charge in [0.05, 0.1) is 7.11 Å². The van der Waals surface area contributed by atoms with Crippen LogP contribution in [0.3, 0.4) is 0 Å². The second-order valence-corrected chi connectivity index (χ2v) is 3.99. The first-order valence-corrected chi connectivity index (χ1v) is 5.91. The zero-order chi connectivity index (χ0) is 15.3. The Labute approximate surface area is 118 Å². The van der Waals surface area contributed by atoms with E-state index in [1.165, 1.54) is 37.7 Å². The van der Waals surface area contributed by atoms with Crippen LogP contribution in [0.25, 0.3) is 0 Å². The van der Waals surface area contributed by atoms with Gasteiger partial charge in [0, 0.05) is 12.6 Å².